The lowest BCUT2D eigenvalue weighted by atomic mass is 9.71. The Morgan fingerprint density at radius 3 is 2.00 bits per heavy atom. The van der Waals surface area contributed by atoms with Gasteiger partial charge in [-0.25, -0.2) is 0 Å². The van der Waals surface area contributed by atoms with Crippen LogP contribution >= 0.6 is 0 Å². The van der Waals surface area contributed by atoms with Crippen LogP contribution in [0.2, 0.25) is 0 Å². The lowest BCUT2D eigenvalue weighted by molar-refractivity contribution is -0.966. The van der Waals surface area contributed by atoms with E-state index >= 15 is 0 Å². The standard InChI is InChI=1S/C13H26N/c1-10(2)13-9-14(11(3)4)7-5-12(13)6-8-14/h10-13H,5-9H2,1-4H3/q+1. The van der Waals surface area contributed by atoms with Crippen molar-refractivity contribution in [3.63, 3.8) is 0 Å². The zero-order valence-electron chi connectivity index (χ0n) is 10.3. The normalized spacial score (nSPS) is 42.4. The lowest BCUT2D eigenvalue weighted by Gasteiger charge is -2.56. The minimum atomic E-state index is 0.845. The summed E-state index contributed by atoms with van der Waals surface area (Å²) < 4.78 is 1.43. The second-order valence-electron chi connectivity index (χ2n) is 6.19. The third-order valence-corrected chi connectivity index (χ3v) is 5.02. The number of hydrogen-bond acceptors (Lipinski definition) is 0. The average Bonchev–Trinajstić information content (AvgIpc) is 2.19. The van der Waals surface area contributed by atoms with Crippen LogP contribution in [0.3, 0.4) is 0 Å². The Balaban J connectivity index is 2.15. The summed E-state index contributed by atoms with van der Waals surface area (Å²) in [5.74, 6) is 2.98. The van der Waals surface area contributed by atoms with Crippen LogP contribution in [0.5, 0.6) is 0 Å². The van der Waals surface area contributed by atoms with E-state index in [9.17, 15) is 0 Å². The van der Waals surface area contributed by atoms with Gasteiger partial charge in [-0.15, -0.1) is 0 Å². The molecule has 0 spiro atoms. The summed E-state index contributed by atoms with van der Waals surface area (Å²) in [6.45, 7) is 14.1. The zero-order valence-corrected chi connectivity index (χ0v) is 10.3. The summed E-state index contributed by atoms with van der Waals surface area (Å²) in [6, 6.07) is 0.845. The van der Waals surface area contributed by atoms with Crippen molar-refractivity contribution in [3.05, 3.63) is 0 Å². The topological polar surface area (TPSA) is 0 Å². The van der Waals surface area contributed by atoms with Gasteiger partial charge in [0, 0.05) is 18.8 Å². The van der Waals surface area contributed by atoms with Crippen LogP contribution < -0.4 is 0 Å². The number of quaternary nitrogens is 1. The molecule has 3 fully saturated rings. The molecule has 1 heteroatoms. The summed E-state index contributed by atoms with van der Waals surface area (Å²) >= 11 is 0. The molecule has 2 bridgehead atoms. The summed E-state index contributed by atoms with van der Waals surface area (Å²) in [6.07, 6.45) is 3.00. The molecule has 3 heterocycles. The number of fused-ring (bicyclic) bond motifs is 3. The molecular formula is C13H26N+. The van der Waals surface area contributed by atoms with Crippen molar-refractivity contribution in [2.24, 2.45) is 17.8 Å². The van der Waals surface area contributed by atoms with E-state index in [2.05, 4.69) is 27.7 Å². The van der Waals surface area contributed by atoms with Crippen molar-refractivity contribution in [2.45, 2.75) is 46.6 Å². The molecule has 1 nitrogen and oxygen atoms in total. The van der Waals surface area contributed by atoms with Gasteiger partial charge in [0.05, 0.1) is 25.7 Å². The summed E-state index contributed by atoms with van der Waals surface area (Å²) in [4.78, 5) is 0. The molecule has 1 atom stereocenters. The highest BCUT2D eigenvalue weighted by Gasteiger charge is 2.47. The van der Waals surface area contributed by atoms with Crippen molar-refractivity contribution in [3.8, 4) is 0 Å². The Hall–Kier alpha value is -0.0400. The van der Waals surface area contributed by atoms with Crippen molar-refractivity contribution in [1.82, 2.24) is 0 Å². The van der Waals surface area contributed by atoms with Crippen molar-refractivity contribution in [1.29, 1.82) is 0 Å². The molecule has 0 saturated carbocycles. The van der Waals surface area contributed by atoms with Crippen molar-refractivity contribution < 1.29 is 4.48 Å². The minimum Gasteiger partial charge on any atom is -0.321 e. The fourth-order valence-corrected chi connectivity index (χ4v) is 3.76. The molecule has 14 heavy (non-hydrogen) atoms. The Bertz CT molecular complexity index is 199. The molecular weight excluding hydrogens is 170 g/mol. The summed E-state index contributed by atoms with van der Waals surface area (Å²) in [5, 5.41) is 0. The molecule has 3 aliphatic rings. The molecule has 3 saturated heterocycles. The van der Waals surface area contributed by atoms with Gasteiger partial charge in [0.25, 0.3) is 0 Å². The van der Waals surface area contributed by atoms with E-state index in [-0.39, 0.29) is 0 Å². The number of piperidine rings is 3. The van der Waals surface area contributed by atoms with E-state index in [4.69, 9.17) is 0 Å². The largest absolute Gasteiger partial charge is 0.321 e. The molecule has 3 rings (SSSR count). The Morgan fingerprint density at radius 1 is 1.00 bits per heavy atom. The van der Waals surface area contributed by atoms with E-state index in [0.29, 0.717) is 0 Å². The highest BCUT2D eigenvalue weighted by atomic mass is 15.4. The first-order valence-corrected chi connectivity index (χ1v) is 6.41. The summed E-state index contributed by atoms with van der Waals surface area (Å²) in [5.41, 5.74) is 0. The average molecular weight is 196 g/mol. The van der Waals surface area contributed by atoms with Gasteiger partial charge in [-0.05, 0) is 25.7 Å². The molecule has 3 aliphatic heterocycles. The van der Waals surface area contributed by atoms with E-state index in [0.717, 1.165) is 23.8 Å². The second kappa shape index (κ2) is 3.52. The monoisotopic (exact) mass is 196 g/mol. The number of nitrogens with zero attached hydrogens (tertiary/aromatic N) is 1. The van der Waals surface area contributed by atoms with Gasteiger partial charge in [-0.2, -0.15) is 0 Å². The van der Waals surface area contributed by atoms with E-state index < -0.39 is 0 Å². The third-order valence-electron chi connectivity index (χ3n) is 5.02. The molecule has 0 aromatic rings. The molecule has 0 aromatic carbocycles. The van der Waals surface area contributed by atoms with Crippen LogP contribution in [0.4, 0.5) is 0 Å². The van der Waals surface area contributed by atoms with Gasteiger partial charge in [0.15, 0.2) is 0 Å². The molecule has 0 N–H and O–H groups in total. The van der Waals surface area contributed by atoms with Gasteiger partial charge >= 0.3 is 0 Å². The maximum Gasteiger partial charge on any atom is 0.0833 e. The predicted molar refractivity (Wildman–Crippen MR) is 61.0 cm³/mol. The molecule has 0 amide bonds. The van der Waals surface area contributed by atoms with Crippen LogP contribution in [0, 0.1) is 17.8 Å². The highest BCUT2D eigenvalue weighted by molar-refractivity contribution is 4.82. The van der Waals surface area contributed by atoms with Crippen molar-refractivity contribution >= 4 is 0 Å². The second-order valence-corrected chi connectivity index (χ2v) is 6.19. The fraction of sp³-hybridized carbons (Fsp3) is 1.00. The lowest BCUT2D eigenvalue weighted by Crippen LogP contribution is -2.65. The third kappa shape index (κ3) is 1.50. The first-order chi connectivity index (χ1) is 6.55. The van der Waals surface area contributed by atoms with Gasteiger partial charge in [0.1, 0.15) is 0 Å². The predicted octanol–water partition coefficient (Wildman–Crippen LogP) is 2.91. The van der Waals surface area contributed by atoms with Gasteiger partial charge in [-0.1, -0.05) is 13.8 Å². The molecule has 0 aromatic heterocycles. The van der Waals surface area contributed by atoms with E-state index in [1.807, 2.05) is 0 Å². The first kappa shape index (κ1) is 10.5. The Morgan fingerprint density at radius 2 is 1.57 bits per heavy atom. The van der Waals surface area contributed by atoms with E-state index in [1.165, 1.54) is 37.0 Å². The van der Waals surface area contributed by atoms with Crippen LogP contribution in [0.15, 0.2) is 0 Å². The first-order valence-electron chi connectivity index (χ1n) is 6.41. The molecule has 82 valence electrons. The smallest absolute Gasteiger partial charge is 0.0833 e. The molecule has 0 aliphatic carbocycles. The quantitative estimate of drug-likeness (QED) is 0.596. The van der Waals surface area contributed by atoms with Crippen LogP contribution in [0.25, 0.3) is 0 Å². The Kier molecular flexibility index (Phi) is 2.63. The molecule has 0 radical (unpaired) electrons. The maximum absolute atomic E-state index is 2.42. The maximum atomic E-state index is 2.42. The SMILES string of the molecule is CC(C)C1C[N+]2(C(C)C)CCC1CC2. The fourth-order valence-electron chi connectivity index (χ4n) is 3.76. The van der Waals surface area contributed by atoms with Gasteiger partial charge < -0.3 is 4.48 Å². The number of rotatable bonds is 2. The van der Waals surface area contributed by atoms with Gasteiger partial charge in [-0.3, -0.25) is 0 Å². The zero-order chi connectivity index (χ0) is 10.3. The van der Waals surface area contributed by atoms with Crippen LogP contribution in [0.1, 0.15) is 40.5 Å². The van der Waals surface area contributed by atoms with E-state index in [1.54, 1.807) is 0 Å². The Labute approximate surface area is 89.1 Å². The number of hydrogen-bond donors (Lipinski definition) is 0. The summed E-state index contributed by atoms with van der Waals surface area (Å²) in [7, 11) is 0. The highest BCUT2D eigenvalue weighted by Crippen LogP contribution is 2.42. The van der Waals surface area contributed by atoms with Crippen LogP contribution in [-0.4, -0.2) is 30.2 Å². The van der Waals surface area contributed by atoms with Crippen molar-refractivity contribution in [2.75, 3.05) is 19.6 Å². The van der Waals surface area contributed by atoms with Crippen LogP contribution in [-0.2, 0) is 0 Å². The minimum absolute atomic E-state index is 0.845. The van der Waals surface area contributed by atoms with Gasteiger partial charge in [0.2, 0.25) is 0 Å². The molecule has 1 unspecified atom stereocenters.